The predicted molar refractivity (Wildman–Crippen MR) is 79.9 cm³/mol. The molecule has 0 radical (unpaired) electrons. The Kier molecular flexibility index (Phi) is 5.39. The first-order valence-corrected chi connectivity index (χ1v) is 6.83. The minimum absolute atomic E-state index is 0.226. The van der Waals surface area contributed by atoms with Crippen LogP contribution in [0.5, 0.6) is 5.75 Å². The molecule has 0 fully saturated rings. The van der Waals surface area contributed by atoms with Crippen LogP contribution in [0.25, 0.3) is 0 Å². The summed E-state index contributed by atoms with van der Waals surface area (Å²) in [6, 6.07) is 5.15. The van der Waals surface area contributed by atoms with Crippen LogP contribution in [-0.2, 0) is 0 Å². The van der Waals surface area contributed by atoms with Crippen LogP contribution >= 0.6 is 0 Å². The molecule has 0 aliphatic carbocycles. The Hall–Kier alpha value is -1.75. The number of carbonyl (C=O) groups excluding carboxylic acids is 1. The number of carbonyl (C=O) groups is 1. The van der Waals surface area contributed by atoms with Gasteiger partial charge in [-0.15, -0.1) is 0 Å². The molecule has 0 saturated heterocycles. The van der Waals surface area contributed by atoms with Crippen LogP contribution in [0.4, 0.5) is 5.69 Å². The zero-order chi connectivity index (χ0) is 15.3. The van der Waals surface area contributed by atoms with Crippen molar-refractivity contribution in [1.82, 2.24) is 4.90 Å². The van der Waals surface area contributed by atoms with E-state index in [4.69, 9.17) is 10.5 Å². The van der Waals surface area contributed by atoms with E-state index in [1.165, 1.54) is 0 Å². The highest BCUT2D eigenvalue weighted by Crippen LogP contribution is 2.26. The first-order valence-electron chi connectivity index (χ1n) is 6.83. The smallest absolute Gasteiger partial charge is 0.259 e. The van der Waals surface area contributed by atoms with E-state index in [-0.39, 0.29) is 12.5 Å². The van der Waals surface area contributed by atoms with Crippen molar-refractivity contribution < 1.29 is 14.6 Å². The SMILES string of the molecule is CCOc1cccc(N)c1C(=O)N(CC)CC(C)(C)O. The maximum Gasteiger partial charge on any atom is 0.259 e. The third-order valence-corrected chi connectivity index (χ3v) is 2.82. The predicted octanol–water partition coefficient (Wildman–Crippen LogP) is 1.90. The fourth-order valence-electron chi connectivity index (χ4n) is 2.01. The lowest BCUT2D eigenvalue weighted by Gasteiger charge is -2.29. The zero-order valence-electron chi connectivity index (χ0n) is 12.6. The molecule has 3 N–H and O–H groups in total. The molecule has 0 aliphatic heterocycles. The average molecular weight is 280 g/mol. The normalized spacial score (nSPS) is 11.2. The Morgan fingerprint density at radius 2 is 2.05 bits per heavy atom. The first-order chi connectivity index (χ1) is 9.30. The highest BCUT2D eigenvalue weighted by Gasteiger charge is 2.25. The fraction of sp³-hybridized carbons (Fsp3) is 0.533. The maximum absolute atomic E-state index is 12.6. The van der Waals surface area contributed by atoms with E-state index in [0.717, 1.165) is 0 Å². The Labute approximate surface area is 120 Å². The molecule has 0 atom stereocenters. The van der Waals surface area contributed by atoms with Crippen molar-refractivity contribution in [2.45, 2.75) is 33.3 Å². The van der Waals surface area contributed by atoms with Gasteiger partial charge in [0.25, 0.3) is 5.91 Å². The number of rotatable bonds is 6. The number of hydrogen-bond acceptors (Lipinski definition) is 4. The van der Waals surface area contributed by atoms with E-state index in [0.29, 0.717) is 30.2 Å². The van der Waals surface area contributed by atoms with Gasteiger partial charge in [-0.1, -0.05) is 6.07 Å². The molecule has 0 bridgehead atoms. The Morgan fingerprint density at radius 1 is 1.40 bits per heavy atom. The summed E-state index contributed by atoms with van der Waals surface area (Å²) in [5.41, 5.74) is 5.71. The molecule has 1 amide bonds. The van der Waals surface area contributed by atoms with Crippen molar-refractivity contribution in [1.29, 1.82) is 0 Å². The molecule has 1 aromatic carbocycles. The second-order valence-electron chi connectivity index (χ2n) is 5.29. The van der Waals surface area contributed by atoms with Gasteiger partial charge >= 0.3 is 0 Å². The van der Waals surface area contributed by atoms with Crippen molar-refractivity contribution in [2.24, 2.45) is 0 Å². The van der Waals surface area contributed by atoms with Crippen molar-refractivity contribution in [2.75, 3.05) is 25.4 Å². The number of hydrogen-bond donors (Lipinski definition) is 2. The summed E-state index contributed by atoms with van der Waals surface area (Å²) in [6.07, 6.45) is 0. The van der Waals surface area contributed by atoms with Gasteiger partial charge in [0.2, 0.25) is 0 Å². The molecule has 0 aromatic heterocycles. The fourth-order valence-corrected chi connectivity index (χ4v) is 2.01. The van der Waals surface area contributed by atoms with E-state index in [9.17, 15) is 9.90 Å². The van der Waals surface area contributed by atoms with Gasteiger partial charge < -0.3 is 20.5 Å². The zero-order valence-corrected chi connectivity index (χ0v) is 12.6. The van der Waals surface area contributed by atoms with E-state index in [2.05, 4.69) is 0 Å². The van der Waals surface area contributed by atoms with Gasteiger partial charge in [-0.25, -0.2) is 0 Å². The second kappa shape index (κ2) is 6.61. The quantitative estimate of drug-likeness (QED) is 0.780. The number of nitrogens with two attached hydrogens (primary N) is 1. The number of amides is 1. The standard InChI is InChI=1S/C15H24N2O3/c1-5-17(10-15(3,4)19)14(18)13-11(16)8-7-9-12(13)20-6-2/h7-9,19H,5-6,10,16H2,1-4H3. The molecule has 5 heteroatoms. The summed E-state index contributed by atoms with van der Waals surface area (Å²) in [5, 5.41) is 9.90. The molecule has 1 rings (SSSR count). The molecule has 1 aromatic rings. The Morgan fingerprint density at radius 3 is 2.55 bits per heavy atom. The largest absolute Gasteiger partial charge is 0.493 e. The third kappa shape index (κ3) is 4.13. The van der Waals surface area contributed by atoms with Gasteiger partial charge in [0.05, 0.1) is 12.2 Å². The van der Waals surface area contributed by atoms with Crippen molar-refractivity contribution in [3.63, 3.8) is 0 Å². The summed E-state index contributed by atoms with van der Waals surface area (Å²) in [6.45, 7) is 8.24. The second-order valence-corrected chi connectivity index (χ2v) is 5.29. The number of likely N-dealkylation sites (N-methyl/N-ethyl adjacent to an activating group) is 1. The van der Waals surface area contributed by atoms with Gasteiger partial charge in [-0.2, -0.15) is 0 Å². The lowest BCUT2D eigenvalue weighted by molar-refractivity contribution is 0.0313. The molecule has 0 heterocycles. The first kappa shape index (κ1) is 16.3. The van der Waals surface area contributed by atoms with Crippen molar-refractivity contribution in [3.8, 4) is 5.75 Å². The van der Waals surface area contributed by atoms with E-state index < -0.39 is 5.60 Å². The van der Waals surface area contributed by atoms with Crippen LogP contribution in [0.3, 0.4) is 0 Å². The van der Waals surface area contributed by atoms with E-state index in [1.54, 1.807) is 36.9 Å². The lowest BCUT2D eigenvalue weighted by atomic mass is 10.1. The molecular weight excluding hydrogens is 256 g/mol. The number of ether oxygens (including phenoxy) is 1. The van der Waals surface area contributed by atoms with Gasteiger partial charge in [0.1, 0.15) is 11.3 Å². The molecule has 20 heavy (non-hydrogen) atoms. The molecular formula is C15H24N2O3. The minimum atomic E-state index is -0.957. The van der Waals surface area contributed by atoms with E-state index >= 15 is 0 Å². The Bertz CT molecular complexity index is 467. The minimum Gasteiger partial charge on any atom is -0.493 e. The van der Waals surface area contributed by atoms with Gasteiger partial charge in [-0.3, -0.25) is 4.79 Å². The molecule has 0 aliphatic rings. The lowest BCUT2D eigenvalue weighted by Crippen LogP contribution is -2.42. The van der Waals surface area contributed by atoms with Crippen LogP contribution in [0.1, 0.15) is 38.1 Å². The molecule has 0 unspecified atom stereocenters. The molecule has 0 saturated carbocycles. The van der Waals surface area contributed by atoms with Crippen LogP contribution in [0.2, 0.25) is 0 Å². The monoisotopic (exact) mass is 280 g/mol. The summed E-state index contributed by atoms with van der Waals surface area (Å²) in [4.78, 5) is 14.2. The van der Waals surface area contributed by atoms with Crippen molar-refractivity contribution >= 4 is 11.6 Å². The third-order valence-electron chi connectivity index (χ3n) is 2.82. The number of nitrogen functional groups attached to an aromatic ring is 1. The van der Waals surface area contributed by atoms with E-state index in [1.807, 2.05) is 13.8 Å². The summed E-state index contributed by atoms with van der Waals surface area (Å²) in [5.74, 6) is 0.253. The summed E-state index contributed by atoms with van der Waals surface area (Å²) >= 11 is 0. The molecule has 5 nitrogen and oxygen atoms in total. The van der Waals surface area contributed by atoms with Gasteiger partial charge in [0.15, 0.2) is 0 Å². The topological polar surface area (TPSA) is 75.8 Å². The maximum atomic E-state index is 12.6. The highest BCUT2D eigenvalue weighted by atomic mass is 16.5. The van der Waals surface area contributed by atoms with Crippen LogP contribution in [0, 0.1) is 0 Å². The summed E-state index contributed by atoms with van der Waals surface area (Å²) in [7, 11) is 0. The van der Waals surface area contributed by atoms with Crippen LogP contribution in [-0.4, -0.2) is 41.2 Å². The van der Waals surface area contributed by atoms with Crippen LogP contribution in [0.15, 0.2) is 18.2 Å². The molecule has 112 valence electrons. The highest BCUT2D eigenvalue weighted by molar-refractivity contribution is 6.01. The van der Waals surface area contributed by atoms with Crippen molar-refractivity contribution in [3.05, 3.63) is 23.8 Å². The van der Waals surface area contributed by atoms with Gasteiger partial charge in [0, 0.05) is 18.8 Å². The number of aliphatic hydroxyl groups is 1. The number of benzene rings is 1. The summed E-state index contributed by atoms with van der Waals surface area (Å²) < 4.78 is 5.47. The van der Waals surface area contributed by atoms with Crippen LogP contribution < -0.4 is 10.5 Å². The van der Waals surface area contributed by atoms with Gasteiger partial charge in [-0.05, 0) is 39.8 Å². The molecule has 0 spiro atoms. The Balaban J connectivity index is 3.12. The average Bonchev–Trinajstić information content (AvgIpc) is 2.35. The number of nitrogens with zero attached hydrogens (tertiary/aromatic N) is 1. The number of anilines is 1.